The summed E-state index contributed by atoms with van der Waals surface area (Å²) < 4.78 is 1.89. The number of hydrogen-bond donors (Lipinski definition) is 2. The van der Waals surface area contributed by atoms with Gasteiger partial charge in [-0.25, -0.2) is 0 Å². The predicted molar refractivity (Wildman–Crippen MR) is 79.9 cm³/mol. The Hall–Kier alpha value is -2.21. The van der Waals surface area contributed by atoms with Crippen molar-refractivity contribution in [2.45, 2.75) is 25.3 Å². The zero-order valence-corrected chi connectivity index (χ0v) is 12.0. The molecule has 1 aliphatic rings. The highest BCUT2D eigenvalue weighted by molar-refractivity contribution is 5.96. The van der Waals surface area contributed by atoms with E-state index < -0.39 is 0 Å². The summed E-state index contributed by atoms with van der Waals surface area (Å²) in [7, 11) is 1.92. The molecule has 1 aromatic heterocycles. The van der Waals surface area contributed by atoms with Gasteiger partial charge in [0.25, 0.3) is 0 Å². The number of benzene rings is 1. The van der Waals surface area contributed by atoms with Crippen molar-refractivity contribution in [2.75, 3.05) is 11.9 Å². The molecule has 0 bridgehead atoms. The molecular formula is C15H19N5O. The lowest BCUT2D eigenvalue weighted by Crippen LogP contribution is -2.40. The number of aromatic nitrogens is 3. The number of rotatable bonds is 4. The molecule has 3 rings (SSSR count). The molecule has 0 saturated carbocycles. The fraction of sp³-hybridized carbons (Fsp3) is 0.400. The number of carbonyl (C=O) groups excluding carboxylic acids is 1. The van der Waals surface area contributed by atoms with Gasteiger partial charge in [0.2, 0.25) is 5.91 Å². The van der Waals surface area contributed by atoms with Crippen LogP contribution in [0.15, 0.2) is 30.6 Å². The third-order valence-corrected chi connectivity index (χ3v) is 3.84. The van der Waals surface area contributed by atoms with Crippen LogP contribution < -0.4 is 10.6 Å². The van der Waals surface area contributed by atoms with E-state index >= 15 is 0 Å². The van der Waals surface area contributed by atoms with Crippen LogP contribution in [0, 0.1) is 0 Å². The molecule has 2 heterocycles. The van der Waals surface area contributed by atoms with Gasteiger partial charge in [-0.2, -0.15) is 0 Å². The van der Waals surface area contributed by atoms with Gasteiger partial charge < -0.3 is 15.2 Å². The molecule has 1 atom stereocenters. The maximum Gasteiger partial charge on any atom is 0.241 e. The van der Waals surface area contributed by atoms with Crippen LogP contribution in [-0.2, 0) is 24.7 Å². The van der Waals surface area contributed by atoms with Crippen molar-refractivity contribution < 1.29 is 4.79 Å². The van der Waals surface area contributed by atoms with Crippen LogP contribution in [0.5, 0.6) is 0 Å². The summed E-state index contributed by atoms with van der Waals surface area (Å²) in [5, 5.41) is 14.2. The van der Waals surface area contributed by atoms with Crippen LogP contribution in [0.2, 0.25) is 0 Å². The van der Waals surface area contributed by atoms with E-state index in [9.17, 15) is 4.79 Å². The molecular weight excluding hydrogens is 266 g/mol. The van der Waals surface area contributed by atoms with Crippen molar-refractivity contribution in [1.82, 2.24) is 20.1 Å². The van der Waals surface area contributed by atoms with Crippen LogP contribution in [0.3, 0.4) is 0 Å². The molecule has 110 valence electrons. The molecule has 0 saturated heterocycles. The Morgan fingerprint density at radius 1 is 1.43 bits per heavy atom. The van der Waals surface area contributed by atoms with Gasteiger partial charge in [0, 0.05) is 25.7 Å². The zero-order chi connectivity index (χ0) is 14.7. The highest BCUT2D eigenvalue weighted by atomic mass is 16.2. The fourth-order valence-corrected chi connectivity index (χ4v) is 2.60. The number of amides is 1. The average molecular weight is 285 g/mol. The van der Waals surface area contributed by atoms with E-state index in [-0.39, 0.29) is 11.9 Å². The predicted octanol–water partition coefficient (Wildman–Crippen LogP) is 0.901. The minimum Gasteiger partial charge on any atom is -0.324 e. The Labute approximate surface area is 123 Å². The second-order valence-electron chi connectivity index (χ2n) is 5.30. The maximum absolute atomic E-state index is 12.2. The van der Waals surface area contributed by atoms with Crippen molar-refractivity contribution >= 4 is 11.6 Å². The normalized spacial score (nSPS) is 18.0. The molecule has 0 radical (unpaired) electrons. The Bertz CT molecular complexity index is 636. The molecule has 2 N–H and O–H groups in total. The van der Waals surface area contributed by atoms with Gasteiger partial charge in [0.1, 0.15) is 12.2 Å². The van der Waals surface area contributed by atoms with E-state index in [0.717, 1.165) is 30.8 Å². The monoisotopic (exact) mass is 285 g/mol. The Morgan fingerprint density at radius 2 is 2.29 bits per heavy atom. The first-order valence-electron chi connectivity index (χ1n) is 7.19. The van der Waals surface area contributed by atoms with Crippen LogP contribution in [0.25, 0.3) is 0 Å². The third-order valence-electron chi connectivity index (χ3n) is 3.84. The summed E-state index contributed by atoms with van der Waals surface area (Å²) in [5.41, 5.74) is 2.13. The second-order valence-corrected chi connectivity index (χ2v) is 5.30. The number of nitrogens with zero attached hydrogens (tertiary/aromatic N) is 3. The lowest BCUT2D eigenvalue weighted by Gasteiger charge is -2.14. The smallest absolute Gasteiger partial charge is 0.241 e. The van der Waals surface area contributed by atoms with Gasteiger partial charge in [-0.1, -0.05) is 18.2 Å². The molecule has 21 heavy (non-hydrogen) atoms. The molecule has 0 spiro atoms. The van der Waals surface area contributed by atoms with Crippen LogP contribution in [-0.4, -0.2) is 33.3 Å². The summed E-state index contributed by atoms with van der Waals surface area (Å²) in [5.74, 6) is 0.956. The molecule has 1 aromatic carbocycles. The summed E-state index contributed by atoms with van der Waals surface area (Å²) in [6.45, 7) is 0.709. The van der Waals surface area contributed by atoms with Crippen LogP contribution >= 0.6 is 0 Å². The largest absolute Gasteiger partial charge is 0.324 e. The first-order chi connectivity index (χ1) is 10.2. The summed E-state index contributed by atoms with van der Waals surface area (Å²) >= 11 is 0. The molecule has 0 fully saturated rings. The van der Waals surface area contributed by atoms with Crippen molar-refractivity contribution in [2.24, 2.45) is 7.05 Å². The number of carbonyl (C=O) groups is 1. The quantitative estimate of drug-likeness (QED) is 0.875. The van der Waals surface area contributed by atoms with Gasteiger partial charge in [-0.05, 0) is 24.5 Å². The number of aryl methyl sites for hydroxylation is 2. The van der Waals surface area contributed by atoms with Crippen molar-refractivity contribution in [1.29, 1.82) is 0 Å². The van der Waals surface area contributed by atoms with Gasteiger partial charge >= 0.3 is 0 Å². The minimum atomic E-state index is -0.161. The Balaban J connectivity index is 1.57. The molecule has 1 amide bonds. The summed E-state index contributed by atoms with van der Waals surface area (Å²) in [6.07, 6.45) is 4.15. The zero-order valence-electron chi connectivity index (χ0n) is 12.0. The summed E-state index contributed by atoms with van der Waals surface area (Å²) in [4.78, 5) is 12.2. The van der Waals surface area contributed by atoms with Crippen LogP contribution in [0.4, 0.5) is 5.69 Å². The van der Waals surface area contributed by atoms with E-state index in [1.165, 1.54) is 5.56 Å². The summed E-state index contributed by atoms with van der Waals surface area (Å²) in [6, 6.07) is 7.81. The molecule has 1 unspecified atom stereocenters. The average Bonchev–Trinajstić information content (AvgIpc) is 2.81. The van der Waals surface area contributed by atoms with E-state index in [1.54, 1.807) is 6.33 Å². The molecule has 6 nitrogen and oxygen atoms in total. The fourth-order valence-electron chi connectivity index (χ4n) is 2.60. The number of anilines is 1. The van der Waals surface area contributed by atoms with E-state index in [0.29, 0.717) is 6.54 Å². The minimum absolute atomic E-state index is 0.0397. The maximum atomic E-state index is 12.2. The van der Waals surface area contributed by atoms with Gasteiger partial charge in [0.05, 0.1) is 6.04 Å². The lowest BCUT2D eigenvalue weighted by molar-refractivity contribution is -0.118. The van der Waals surface area contributed by atoms with Crippen molar-refractivity contribution in [3.05, 3.63) is 42.0 Å². The molecule has 1 aliphatic heterocycles. The topological polar surface area (TPSA) is 71.8 Å². The molecule has 0 aliphatic carbocycles. The van der Waals surface area contributed by atoms with Gasteiger partial charge in [-0.3, -0.25) is 4.79 Å². The Morgan fingerprint density at radius 3 is 3.10 bits per heavy atom. The SMILES string of the molecule is Cn1cnnc1CCNC1CCc2ccccc2NC1=O. The number of para-hydroxylation sites is 1. The number of nitrogens with one attached hydrogen (secondary N) is 2. The molecule has 6 heteroatoms. The highest BCUT2D eigenvalue weighted by Crippen LogP contribution is 2.21. The van der Waals surface area contributed by atoms with Gasteiger partial charge in [0.15, 0.2) is 0 Å². The van der Waals surface area contributed by atoms with E-state index in [2.05, 4.69) is 26.9 Å². The van der Waals surface area contributed by atoms with E-state index in [4.69, 9.17) is 0 Å². The highest BCUT2D eigenvalue weighted by Gasteiger charge is 2.22. The standard InChI is InChI=1S/C15H19N5O/c1-20-10-17-19-14(20)8-9-16-13-7-6-11-4-2-3-5-12(11)18-15(13)21/h2-5,10,13,16H,6-9H2,1H3,(H,18,21). The first-order valence-corrected chi connectivity index (χ1v) is 7.19. The number of fused-ring (bicyclic) bond motifs is 1. The van der Waals surface area contributed by atoms with E-state index in [1.807, 2.05) is 29.8 Å². The van der Waals surface area contributed by atoms with Gasteiger partial charge in [-0.15, -0.1) is 10.2 Å². The second kappa shape index (κ2) is 6.05. The molecule has 2 aromatic rings. The Kier molecular flexibility index (Phi) is 3.96. The third kappa shape index (κ3) is 3.11. The van der Waals surface area contributed by atoms with Crippen LogP contribution in [0.1, 0.15) is 17.8 Å². The first kappa shape index (κ1) is 13.8. The van der Waals surface area contributed by atoms with Crippen molar-refractivity contribution in [3.8, 4) is 0 Å². The number of hydrogen-bond acceptors (Lipinski definition) is 4. The van der Waals surface area contributed by atoms with Crippen molar-refractivity contribution in [3.63, 3.8) is 0 Å². The lowest BCUT2D eigenvalue weighted by atomic mass is 10.1.